The van der Waals surface area contributed by atoms with E-state index in [0.29, 0.717) is 18.6 Å². The molecule has 3 rings (SSSR count). The molecule has 0 saturated carbocycles. The summed E-state index contributed by atoms with van der Waals surface area (Å²) in [6, 6.07) is 3.94. The summed E-state index contributed by atoms with van der Waals surface area (Å²) in [4.78, 5) is 47.2. The number of rotatable bonds is 10. The van der Waals surface area contributed by atoms with Crippen molar-refractivity contribution in [2.75, 3.05) is 0 Å². The topological polar surface area (TPSA) is 165 Å². The van der Waals surface area contributed by atoms with Gasteiger partial charge in [-0.05, 0) is 31.4 Å². The average Bonchev–Trinajstić information content (AvgIpc) is 2.80. The molecule has 4 atom stereocenters. The normalized spacial score (nSPS) is 25.5. The number of ether oxygens (including phenoxy) is 2. The van der Waals surface area contributed by atoms with Gasteiger partial charge in [0.1, 0.15) is 23.5 Å². The van der Waals surface area contributed by atoms with Gasteiger partial charge in [-0.1, -0.05) is 32.3 Å². The van der Waals surface area contributed by atoms with Crippen LogP contribution in [-0.2, 0) is 24.8 Å². The van der Waals surface area contributed by atoms with Crippen LogP contribution in [0.15, 0.2) is 36.7 Å². The lowest BCUT2D eigenvalue weighted by atomic mass is 10.1. The van der Waals surface area contributed by atoms with E-state index in [0.717, 1.165) is 25.7 Å². The van der Waals surface area contributed by atoms with Gasteiger partial charge in [0.2, 0.25) is 6.29 Å². The Bertz CT molecular complexity index is 1150. The first-order chi connectivity index (χ1) is 17.8. The van der Waals surface area contributed by atoms with Crippen LogP contribution in [0.3, 0.4) is 0 Å². The zero-order valence-electron chi connectivity index (χ0n) is 20.7. The zero-order valence-corrected chi connectivity index (χ0v) is 22.5. The molecule has 15 heteroatoms. The van der Waals surface area contributed by atoms with Gasteiger partial charge in [-0.3, -0.25) is 14.1 Å². The number of halogens is 2. The van der Waals surface area contributed by atoms with Crippen LogP contribution in [0.5, 0.6) is 5.75 Å². The molecule has 2 aromatic rings. The molecule has 38 heavy (non-hydrogen) atoms. The second kappa shape index (κ2) is 12.4. The highest BCUT2D eigenvalue weighted by Gasteiger charge is 2.77. The van der Waals surface area contributed by atoms with Crippen molar-refractivity contribution in [2.24, 2.45) is 0 Å². The van der Waals surface area contributed by atoms with E-state index in [1.54, 1.807) is 6.92 Å². The highest BCUT2D eigenvalue weighted by molar-refractivity contribution is 7.76. The van der Waals surface area contributed by atoms with Gasteiger partial charge in [-0.2, -0.15) is 9.79 Å². The number of benzene rings is 1. The second-order valence-electron chi connectivity index (χ2n) is 8.85. The van der Waals surface area contributed by atoms with Crippen molar-refractivity contribution in [1.82, 2.24) is 4.98 Å². The third-order valence-electron chi connectivity index (χ3n) is 5.82. The summed E-state index contributed by atoms with van der Waals surface area (Å²) in [5, 5.41) is 7.55. The molecule has 1 aliphatic heterocycles. The molecule has 1 saturated heterocycles. The number of pyridine rings is 1. The van der Waals surface area contributed by atoms with Gasteiger partial charge in [-0.15, -0.1) is 4.52 Å². The molecule has 0 spiro atoms. The van der Waals surface area contributed by atoms with E-state index in [-0.39, 0.29) is 5.56 Å². The molecule has 0 amide bonds. The van der Waals surface area contributed by atoms with Gasteiger partial charge in [-0.25, -0.2) is 13.6 Å². The molecule has 2 heterocycles. The Morgan fingerprint density at radius 3 is 2.53 bits per heavy atom. The summed E-state index contributed by atoms with van der Waals surface area (Å²) in [6.45, 7) is 3.71. The molecule has 1 aromatic heterocycles. The fourth-order valence-corrected chi connectivity index (χ4v) is 7.35. The highest BCUT2D eigenvalue weighted by atomic mass is 31.3. The maximum absolute atomic E-state index is 14.9. The van der Waals surface area contributed by atoms with Crippen LogP contribution in [0.4, 0.5) is 13.6 Å². The predicted molar refractivity (Wildman–Crippen MR) is 131 cm³/mol. The van der Waals surface area contributed by atoms with Crippen LogP contribution < -0.4 is 4.74 Å². The van der Waals surface area contributed by atoms with Gasteiger partial charge < -0.3 is 19.5 Å². The van der Waals surface area contributed by atoms with Crippen LogP contribution >= 0.6 is 15.5 Å². The number of hydrogen-bond acceptors (Lipinski definition) is 10. The fourth-order valence-electron chi connectivity index (χ4n) is 3.75. The number of nitrogens with zero attached hydrogens (tertiary/aromatic N) is 1. The van der Waals surface area contributed by atoms with Gasteiger partial charge in [0.25, 0.3) is 0 Å². The number of aromatic nitrogens is 1. The molecule has 0 bridgehead atoms. The highest BCUT2D eigenvalue weighted by Crippen LogP contribution is 2.83. The van der Waals surface area contributed by atoms with Crippen molar-refractivity contribution in [3.8, 4) is 5.75 Å². The summed E-state index contributed by atoms with van der Waals surface area (Å²) in [6.07, 6.45) is 2.10. The molecular weight excluding hydrogens is 550 g/mol. The lowest BCUT2D eigenvalue weighted by molar-refractivity contribution is -0.0715. The quantitative estimate of drug-likeness (QED) is 0.128. The van der Waals surface area contributed by atoms with Crippen LogP contribution in [0, 0.1) is 11.6 Å². The Labute approximate surface area is 218 Å². The standard InChI is InChI=1S/C23H29F2NO10P2/c1-3-4-5-6-8-15(2)33-22(27)34-17-11-18(24)20(19(25)12-17)21-35-37(29,30)23(28,38(31,32)36-21)13-16-9-7-10-26-14-16/h7,9-12,14-15,21,28-30H,3-6,8,13H2,1-2H3/p+1. The molecule has 4 N–H and O–H groups in total. The minimum Gasteiger partial charge on any atom is -0.431 e. The molecule has 4 unspecified atom stereocenters. The number of hydrogen-bond donors (Lipinski definition) is 4. The third-order valence-corrected chi connectivity index (χ3v) is 10.5. The first-order valence-electron chi connectivity index (χ1n) is 11.8. The van der Waals surface area contributed by atoms with Crippen molar-refractivity contribution >= 4 is 21.7 Å². The van der Waals surface area contributed by atoms with Crippen LogP contribution in [-0.4, -0.2) is 42.1 Å². The van der Waals surface area contributed by atoms with Crippen molar-refractivity contribution in [3.05, 3.63) is 59.4 Å². The van der Waals surface area contributed by atoms with E-state index in [1.165, 1.54) is 24.5 Å². The number of unbranched alkanes of at least 4 members (excludes halogenated alkanes) is 3. The Morgan fingerprint density at radius 1 is 1.26 bits per heavy atom. The van der Waals surface area contributed by atoms with E-state index in [4.69, 9.17) is 18.5 Å². The van der Waals surface area contributed by atoms with E-state index in [1.807, 2.05) is 0 Å². The number of carbonyl (C=O) groups excluding carboxylic acids is 1. The molecular formula is C23H30F2NO10P2+. The zero-order chi connectivity index (χ0) is 28.1. The third kappa shape index (κ3) is 6.91. The number of aliphatic hydroxyl groups is 1. The Balaban J connectivity index is 1.74. The minimum atomic E-state index is -5.41. The van der Waals surface area contributed by atoms with Crippen molar-refractivity contribution in [1.29, 1.82) is 0 Å². The van der Waals surface area contributed by atoms with Crippen LogP contribution in [0.2, 0.25) is 0 Å². The summed E-state index contributed by atoms with van der Waals surface area (Å²) in [5.41, 5.74) is -0.983. The SMILES string of the molecule is CCCCCCC(C)OC(=O)Oc1cc(F)c(C2OP(=O)(O)C(O)(Cc3cccnc3)[P+](O)(O)O2)c(F)c1. The lowest BCUT2D eigenvalue weighted by Gasteiger charge is -2.38. The van der Waals surface area contributed by atoms with E-state index in [2.05, 4.69) is 11.9 Å². The van der Waals surface area contributed by atoms with Crippen LogP contribution in [0.1, 0.15) is 63.4 Å². The summed E-state index contributed by atoms with van der Waals surface area (Å²) in [5.74, 6) is -3.50. The lowest BCUT2D eigenvalue weighted by Crippen LogP contribution is -2.41. The van der Waals surface area contributed by atoms with Gasteiger partial charge in [0.05, 0.1) is 12.0 Å². The molecule has 210 valence electrons. The number of carbonyl (C=O) groups is 1. The van der Waals surface area contributed by atoms with E-state index in [9.17, 15) is 37.9 Å². The first kappa shape index (κ1) is 30.5. The Kier molecular flexibility index (Phi) is 9.94. The molecule has 1 aromatic carbocycles. The minimum absolute atomic E-state index is 0.128. The first-order valence-corrected chi connectivity index (χ1v) is 15.0. The predicted octanol–water partition coefficient (Wildman–Crippen LogP) is 5.10. The van der Waals surface area contributed by atoms with Crippen molar-refractivity contribution in [3.63, 3.8) is 0 Å². The van der Waals surface area contributed by atoms with Crippen molar-refractivity contribution < 1.29 is 56.4 Å². The summed E-state index contributed by atoms with van der Waals surface area (Å²) in [7, 11) is -10.6. The molecule has 0 aliphatic carbocycles. The summed E-state index contributed by atoms with van der Waals surface area (Å²) >= 11 is 0. The maximum Gasteiger partial charge on any atom is 0.514 e. The summed E-state index contributed by atoms with van der Waals surface area (Å²) < 4.78 is 62.2. The van der Waals surface area contributed by atoms with Crippen LogP contribution in [0.25, 0.3) is 0 Å². The van der Waals surface area contributed by atoms with Gasteiger partial charge >= 0.3 is 26.8 Å². The maximum atomic E-state index is 14.9. The molecule has 0 radical (unpaired) electrons. The molecule has 1 aliphatic rings. The van der Waals surface area contributed by atoms with E-state index >= 15 is 0 Å². The van der Waals surface area contributed by atoms with Gasteiger partial charge in [0, 0.05) is 24.5 Å². The fraction of sp³-hybridized carbons (Fsp3) is 0.478. The largest absolute Gasteiger partial charge is 0.514 e. The monoisotopic (exact) mass is 580 g/mol. The molecule has 11 nitrogen and oxygen atoms in total. The smallest absolute Gasteiger partial charge is 0.431 e. The Morgan fingerprint density at radius 2 is 1.95 bits per heavy atom. The van der Waals surface area contributed by atoms with Gasteiger partial charge in [0.15, 0.2) is 0 Å². The van der Waals surface area contributed by atoms with Crippen molar-refractivity contribution in [2.45, 2.75) is 69.8 Å². The average molecular weight is 580 g/mol. The molecule has 1 fully saturated rings. The van der Waals surface area contributed by atoms with E-state index < -0.39 is 68.5 Å². The Hall–Kier alpha value is -2.08. The second-order valence-corrected chi connectivity index (χ2v) is 13.2.